The number of likely N-dealkylation sites (tertiary alicyclic amines) is 1. The Hall–Kier alpha value is -1.92. The molecule has 6 heteroatoms. The standard InChI is InChI=1S/C24H33N3O2S/c1-16-13-19-14-17(5-6-20(19)29-16)15-27-10-7-18(8-11-27)21(22-25-9-12-30-22)26-23(28)24(2,3)4/h5-6,9,12,14,16,18,21H,7-8,10-11,13,15H2,1-4H3,(H,26,28)/t16-,21-/m0/s1. The number of piperidine rings is 1. The third-order valence-electron chi connectivity index (χ3n) is 6.16. The number of benzene rings is 1. The second-order valence-electron chi connectivity index (χ2n) is 9.76. The van der Waals surface area contributed by atoms with Crippen molar-refractivity contribution in [2.75, 3.05) is 13.1 Å². The van der Waals surface area contributed by atoms with Gasteiger partial charge in [0.05, 0.1) is 6.04 Å². The molecule has 1 fully saturated rings. The number of amides is 1. The molecule has 0 aliphatic carbocycles. The lowest BCUT2D eigenvalue weighted by Gasteiger charge is -2.36. The van der Waals surface area contributed by atoms with Gasteiger partial charge in [0, 0.05) is 30.0 Å². The fourth-order valence-electron chi connectivity index (χ4n) is 4.40. The van der Waals surface area contributed by atoms with Gasteiger partial charge in [-0.15, -0.1) is 11.3 Å². The van der Waals surface area contributed by atoms with Gasteiger partial charge < -0.3 is 10.1 Å². The molecule has 1 aromatic heterocycles. The molecule has 0 spiro atoms. The molecule has 1 saturated heterocycles. The molecule has 2 aliphatic rings. The average molecular weight is 428 g/mol. The van der Waals surface area contributed by atoms with E-state index in [1.54, 1.807) is 11.3 Å². The molecular formula is C24H33N3O2S. The van der Waals surface area contributed by atoms with Crippen molar-refractivity contribution >= 4 is 17.2 Å². The first kappa shape index (κ1) is 21.3. The van der Waals surface area contributed by atoms with Gasteiger partial charge >= 0.3 is 0 Å². The highest BCUT2D eigenvalue weighted by molar-refractivity contribution is 7.09. The number of fused-ring (bicyclic) bond motifs is 1. The molecule has 0 radical (unpaired) electrons. The summed E-state index contributed by atoms with van der Waals surface area (Å²) in [6.07, 6.45) is 5.27. The molecule has 5 nitrogen and oxygen atoms in total. The van der Waals surface area contributed by atoms with E-state index in [0.29, 0.717) is 5.92 Å². The van der Waals surface area contributed by atoms with E-state index in [4.69, 9.17) is 4.74 Å². The molecule has 2 aliphatic heterocycles. The van der Waals surface area contributed by atoms with Gasteiger partial charge in [-0.3, -0.25) is 9.69 Å². The Bertz CT molecular complexity index is 867. The summed E-state index contributed by atoms with van der Waals surface area (Å²) in [6, 6.07) is 6.65. The molecular weight excluding hydrogens is 394 g/mol. The molecule has 3 heterocycles. The second-order valence-corrected chi connectivity index (χ2v) is 10.7. The van der Waals surface area contributed by atoms with Crippen molar-refractivity contribution in [2.24, 2.45) is 11.3 Å². The van der Waals surface area contributed by atoms with Crippen molar-refractivity contribution < 1.29 is 9.53 Å². The SMILES string of the molecule is C[C@H]1Cc2cc(CN3CCC([C@H](NC(=O)C(C)(C)C)c4nccs4)CC3)ccc2O1. The van der Waals surface area contributed by atoms with Crippen molar-refractivity contribution in [1.29, 1.82) is 0 Å². The Morgan fingerprint density at radius 1 is 1.33 bits per heavy atom. The molecule has 1 amide bonds. The van der Waals surface area contributed by atoms with Crippen molar-refractivity contribution in [1.82, 2.24) is 15.2 Å². The summed E-state index contributed by atoms with van der Waals surface area (Å²) in [5, 5.41) is 6.33. The number of nitrogens with one attached hydrogen (secondary N) is 1. The third kappa shape index (κ3) is 4.86. The molecule has 2 aromatic rings. The van der Waals surface area contributed by atoms with Crippen LogP contribution in [0.5, 0.6) is 5.75 Å². The Morgan fingerprint density at radius 3 is 2.77 bits per heavy atom. The molecule has 30 heavy (non-hydrogen) atoms. The Balaban J connectivity index is 1.37. The summed E-state index contributed by atoms with van der Waals surface area (Å²) in [4.78, 5) is 19.7. The normalized spacial score (nSPS) is 21.1. The zero-order valence-corrected chi connectivity index (χ0v) is 19.3. The van der Waals surface area contributed by atoms with Crippen LogP contribution in [0.25, 0.3) is 0 Å². The van der Waals surface area contributed by atoms with Crippen LogP contribution >= 0.6 is 11.3 Å². The maximum atomic E-state index is 12.7. The van der Waals surface area contributed by atoms with E-state index in [1.165, 1.54) is 11.1 Å². The van der Waals surface area contributed by atoms with Gasteiger partial charge in [0.2, 0.25) is 5.91 Å². The van der Waals surface area contributed by atoms with E-state index in [1.807, 2.05) is 32.3 Å². The molecule has 0 unspecified atom stereocenters. The van der Waals surface area contributed by atoms with Crippen LogP contribution in [0, 0.1) is 11.3 Å². The summed E-state index contributed by atoms with van der Waals surface area (Å²) in [6.45, 7) is 11.1. The highest BCUT2D eigenvalue weighted by Crippen LogP contribution is 2.34. The minimum absolute atomic E-state index is 0.0116. The van der Waals surface area contributed by atoms with Crippen LogP contribution in [-0.4, -0.2) is 35.0 Å². The first-order valence-electron chi connectivity index (χ1n) is 11.0. The molecule has 0 bridgehead atoms. The number of rotatable bonds is 5. The molecule has 2 atom stereocenters. The van der Waals surface area contributed by atoms with Gasteiger partial charge in [0.15, 0.2) is 0 Å². The van der Waals surface area contributed by atoms with Gasteiger partial charge in [0.25, 0.3) is 0 Å². The molecule has 1 aromatic carbocycles. The van der Waals surface area contributed by atoms with Gasteiger partial charge in [-0.25, -0.2) is 4.98 Å². The summed E-state index contributed by atoms with van der Waals surface area (Å²) in [5.74, 6) is 1.57. The van der Waals surface area contributed by atoms with Gasteiger partial charge in [-0.05, 0) is 56.0 Å². The minimum Gasteiger partial charge on any atom is -0.490 e. The topological polar surface area (TPSA) is 54.5 Å². The Kier molecular flexibility index (Phi) is 6.16. The highest BCUT2D eigenvalue weighted by atomic mass is 32.1. The fraction of sp³-hybridized carbons (Fsp3) is 0.583. The first-order valence-corrected chi connectivity index (χ1v) is 11.9. The monoisotopic (exact) mass is 427 g/mol. The average Bonchev–Trinajstić information content (AvgIpc) is 3.34. The van der Waals surface area contributed by atoms with Crippen LogP contribution in [0.15, 0.2) is 29.8 Å². The molecule has 0 saturated carbocycles. The maximum absolute atomic E-state index is 12.7. The minimum atomic E-state index is -0.398. The lowest BCUT2D eigenvalue weighted by Crippen LogP contribution is -2.43. The summed E-state index contributed by atoms with van der Waals surface area (Å²) in [5.41, 5.74) is 2.30. The number of hydrogen-bond acceptors (Lipinski definition) is 5. The van der Waals surface area contributed by atoms with E-state index in [9.17, 15) is 4.79 Å². The number of hydrogen-bond donors (Lipinski definition) is 1. The maximum Gasteiger partial charge on any atom is 0.225 e. The van der Waals surface area contributed by atoms with Crippen molar-refractivity contribution in [3.63, 3.8) is 0 Å². The largest absolute Gasteiger partial charge is 0.490 e. The molecule has 162 valence electrons. The number of carbonyl (C=O) groups excluding carboxylic acids is 1. The first-order chi connectivity index (χ1) is 14.3. The van der Waals surface area contributed by atoms with Crippen LogP contribution in [0.2, 0.25) is 0 Å². The van der Waals surface area contributed by atoms with E-state index in [2.05, 4.69) is 40.3 Å². The van der Waals surface area contributed by atoms with Crippen LogP contribution < -0.4 is 10.1 Å². The smallest absolute Gasteiger partial charge is 0.225 e. The zero-order chi connectivity index (χ0) is 21.3. The van der Waals surface area contributed by atoms with E-state index in [-0.39, 0.29) is 18.1 Å². The molecule has 4 rings (SSSR count). The summed E-state index contributed by atoms with van der Waals surface area (Å²) >= 11 is 1.64. The number of carbonyl (C=O) groups is 1. The number of nitrogens with zero attached hydrogens (tertiary/aromatic N) is 2. The number of aromatic nitrogens is 1. The van der Waals surface area contributed by atoms with Crippen molar-refractivity contribution in [2.45, 2.75) is 65.6 Å². The predicted octanol–water partition coefficient (Wildman–Crippen LogP) is 4.58. The van der Waals surface area contributed by atoms with E-state index < -0.39 is 5.41 Å². The predicted molar refractivity (Wildman–Crippen MR) is 121 cm³/mol. The third-order valence-corrected chi connectivity index (χ3v) is 7.01. The Morgan fingerprint density at radius 2 is 2.10 bits per heavy atom. The van der Waals surface area contributed by atoms with Crippen LogP contribution in [0.3, 0.4) is 0 Å². The van der Waals surface area contributed by atoms with Gasteiger partial charge in [-0.2, -0.15) is 0 Å². The quantitative estimate of drug-likeness (QED) is 0.759. The number of ether oxygens (including phenoxy) is 1. The summed E-state index contributed by atoms with van der Waals surface area (Å²) < 4.78 is 5.83. The van der Waals surface area contributed by atoms with Gasteiger partial charge in [-0.1, -0.05) is 32.9 Å². The van der Waals surface area contributed by atoms with E-state index in [0.717, 1.165) is 49.7 Å². The lowest BCUT2D eigenvalue weighted by molar-refractivity contribution is -0.129. The van der Waals surface area contributed by atoms with Gasteiger partial charge in [0.1, 0.15) is 16.9 Å². The van der Waals surface area contributed by atoms with Crippen LogP contribution in [0.4, 0.5) is 0 Å². The summed E-state index contributed by atoms with van der Waals surface area (Å²) in [7, 11) is 0. The molecule has 1 N–H and O–H groups in total. The zero-order valence-electron chi connectivity index (χ0n) is 18.5. The lowest BCUT2D eigenvalue weighted by atomic mass is 9.87. The number of thiazole rings is 1. The van der Waals surface area contributed by atoms with Crippen LogP contribution in [0.1, 0.15) is 62.7 Å². The fourth-order valence-corrected chi connectivity index (χ4v) is 5.18. The van der Waals surface area contributed by atoms with Crippen molar-refractivity contribution in [3.05, 3.63) is 45.9 Å². The van der Waals surface area contributed by atoms with Crippen LogP contribution in [-0.2, 0) is 17.8 Å². The van der Waals surface area contributed by atoms with E-state index >= 15 is 0 Å². The Labute approximate surface area is 183 Å². The van der Waals surface area contributed by atoms with Crippen molar-refractivity contribution in [3.8, 4) is 5.75 Å². The highest BCUT2D eigenvalue weighted by Gasteiger charge is 2.33. The second kappa shape index (κ2) is 8.67.